The van der Waals surface area contributed by atoms with Gasteiger partial charge in [-0.3, -0.25) is 14.9 Å². The Bertz CT molecular complexity index is 1590. The predicted molar refractivity (Wildman–Crippen MR) is 183 cm³/mol. The number of rotatable bonds is 11. The maximum absolute atomic E-state index is 4.97. The van der Waals surface area contributed by atoms with E-state index in [4.69, 9.17) is 9.98 Å². The molecule has 0 spiro atoms. The third-order valence-electron chi connectivity index (χ3n) is 7.88. The Hall–Kier alpha value is -3.96. The molecule has 0 saturated heterocycles. The number of aliphatic imine (C=N–C) groups is 1. The van der Waals surface area contributed by atoms with Crippen LogP contribution in [0.25, 0.3) is 21.9 Å². The lowest BCUT2D eigenvalue weighted by Gasteiger charge is -2.23. The number of nitrogens with zero attached hydrogens (tertiary/aromatic N) is 3. The average Bonchev–Trinajstić information content (AvgIpc) is 2.96. The van der Waals surface area contributed by atoms with Crippen LogP contribution in [0.3, 0.4) is 0 Å². The van der Waals surface area contributed by atoms with Gasteiger partial charge in [0.15, 0.2) is 0 Å². The average molecular weight is 562 g/mol. The molecule has 2 N–H and O–H groups in total. The van der Waals surface area contributed by atoms with Crippen LogP contribution in [0.5, 0.6) is 0 Å². The van der Waals surface area contributed by atoms with E-state index in [2.05, 4.69) is 131 Å². The van der Waals surface area contributed by atoms with E-state index in [1.54, 1.807) is 0 Å². The molecule has 0 saturated carbocycles. The second-order valence-corrected chi connectivity index (χ2v) is 12.0. The van der Waals surface area contributed by atoms with Gasteiger partial charge >= 0.3 is 0 Å². The van der Waals surface area contributed by atoms with E-state index >= 15 is 0 Å². The fourth-order valence-corrected chi connectivity index (χ4v) is 5.28. The van der Waals surface area contributed by atoms with Gasteiger partial charge in [-0.1, -0.05) is 90.6 Å². The largest absolute Gasteiger partial charge is 0.342 e. The molecule has 4 aromatic rings. The first-order valence-corrected chi connectivity index (χ1v) is 15.2. The third-order valence-corrected chi connectivity index (χ3v) is 7.88. The van der Waals surface area contributed by atoms with Crippen molar-refractivity contribution in [3.63, 3.8) is 0 Å². The van der Waals surface area contributed by atoms with Crippen molar-refractivity contribution in [3.8, 4) is 11.1 Å². The van der Waals surface area contributed by atoms with Crippen LogP contribution >= 0.6 is 0 Å². The summed E-state index contributed by atoms with van der Waals surface area (Å²) in [4.78, 5) is 12.1. The molecule has 0 amide bonds. The zero-order valence-corrected chi connectivity index (χ0v) is 26.7. The second kappa shape index (κ2) is 13.3. The molecule has 0 unspecified atom stereocenters. The van der Waals surface area contributed by atoms with E-state index in [1.165, 1.54) is 11.1 Å². The zero-order valence-electron chi connectivity index (χ0n) is 26.7. The van der Waals surface area contributed by atoms with Crippen molar-refractivity contribution in [3.05, 3.63) is 96.1 Å². The van der Waals surface area contributed by atoms with Crippen molar-refractivity contribution in [2.75, 3.05) is 30.3 Å². The van der Waals surface area contributed by atoms with E-state index in [1.807, 2.05) is 13.1 Å². The summed E-state index contributed by atoms with van der Waals surface area (Å²) in [5.74, 6) is 0.742. The molecule has 3 aromatic carbocycles. The summed E-state index contributed by atoms with van der Waals surface area (Å²) in [7, 11) is 0. The highest BCUT2D eigenvalue weighted by Gasteiger charge is 2.16. The number of anilines is 2. The van der Waals surface area contributed by atoms with Gasteiger partial charge in [0.2, 0.25) is 0 Å². The van der Waals surface area contributed by atoms with Crippen LogP contribution in [0.15, 0.2) is 84.3 Å². The van der Waals surface area contributed by atoms with Crippen molar-refractivity contribution in [1.29, 1.82) is 0 Å². The Kier molecular flexibility index (Phi) is 9.85. The number of hydrogen-bond donors (Lipinski definition) is 2. The Balaban J connectivity index is 1.64. The lowest BCUT2D eigenvalue weighted by atomic mass is 9.86. The van der Waals surface area contributed by atoms with E-state index in [0.717, 1.165) is 82.2 Å². The van der Waals surface area contributed by atoms with Gasteiger partial charge in [-0.05, 0) is 79.0 Å². The maximum Gasteiger partial charge on any atom is 0.100 e. The van der Waals surface area contributed by atoms with Gasteiger partial charge in [-0.2, -0.15) is 0 Å². The summed E-state index contributed by atoms with van der Waals surface area (Å²) < 4.78 is 0. The Morgan fingerprint density at radius 3 is 2.26 bits per heavy atom. The van der Waals surface area contributed by atoms with Crippen LogP contribution in [0, 0.1) is 6.92 Å². The Morgan fingerprint density at radius 1 is 0.905 bits per heavy atom. The Morgan fingerprint density at radius 2 is 1.60 bits per heavy atom. The molecule has 0 fully saturated rings. The van der Waals surface area contributed by atoms with Crippen molar-refractivity contribution in [1.82, 2.24) is 9.88 Å². The van der Waals surface area contributed by atoms with Crippen molar-refractivity contribution >= 4 is 33.5 Å². The molecule has 0 aliphatic carbocycles. The first kappa shape index (κ1) is 31.0. The minimum atomic E-state index is 0.0730. The third kappa shape index (κ3) is 7.27. The van der Waals surface area contributed by atoms with E-state index < -0.39 is 0 Å². The van der Waals surface area contributed by atoms with Gasteiger partial charge in [-0.25, -0.2) is 0 Å². The number of aryl methyl sites for hydroxylation is 2. The van der Waals surface area contributed by atoms with E-state index in [9.17, 15) is 0 Å². The molecule has 5 heteroatoms. The van der Waals surface area contributed by atoms with Gasteiger partial charge in [0.05, 0.1) is 11.4 Å². The lowest BCUT2D eigenvalue weighted by molar-refractivity contribution is 0.346. The van der Waals surface area contributed by atoms with Gasteiger partial charge < -0.3 is 10.6 Å². The summed E-state index contributed by atoms with van der Waals surface area (Å²) in [6, 6.07) is 21.7. The molecule has 0 bridgehead atoms. The number of nitrogens with one attached hydrogen (secondary N) is 2. The molecular formula is C37H47N5. The monoisotopic (exact) mass is 561 g/mol. The lowest BCUT2D eigenvalue weighted by Crippen LogP contribution is -2.28. The van der Waals surface area contributed by atoms with Gasteiger partial charge in [0.25, 0.3) is 0 Å². The summed E-state index contributed by atoms with van der Waals surface area (Å²) in [6.07, 6.45) is 2.90. The first-order valence-electron chi connectivity index (χ1n) is 15.2. The number of fused-ring (bicyclic) bond motifs is 1. The van der Waals surface area contributed by atoms with Crippen LogP contribution in [0.2, 0.25) is 0 Å². The van der Waals surface area contributed by atoms with Crippen LogP contribution in [0.1, 0.15) is 65.3 Å². The summed E-state index contributed by atoms with van der Waals surface area (Å²) >= 11 is 0. The molecule has 1 heterocycles. The molecule has 5 nitrogen and oxygen atoms in total. The summed E-state index contributed by atoms with van der Waals surface area (Å²) in [6.45, 7) is 24.6. The highest BCUT2D eigenvalue weighted by Crippen LogP contribution is 2.36. The van der Waals surface area contributed by atoms with Crippen molar-refractivity contribution in [2.24, 2.45) is 4.99 Å². The molecule has 0 aliphatic rings. The predicted octanol–water partition coefficient (Wildman–Crippen LogP) is 9.50. The van der Waals surface area contributed by atoms with E-state index in [-0.39, 0.29) is 5.41 Å². The number of aromatic nitrogens is 1. The fraction of sp³-hybridized carbons (Fsp3) is 0.351. The minimum Gasteiger partial charge on any atom is -0.342 e. The maximum atomic E-state index is 4.97. The topological polar surface area (TPSA) is 52.6 Å². The van der Waals surface area contributed by atoms with Gasteiger partial charge in [0, 0.05) is 40.8 Å². The highest BCUT2D eigenvalue weighted by molar-refractivity contribution is 6.04. The molecular weight excluding hydrogens is 514 g/mol. The van der Waals surface area contributed by atoms with Gasteiger partial charge in [0.1, 0.15) is 5.82 Å². The SMILES string of the molecule is C=C(Nc1cc(C(C)(C)C)ccc1CC)Nc1ccc(-c2cnc(C)c(N=C(C)CN(CC)CC)c2)c2ccccc12. The number of benzene rings is 3. The fourth-order valence-electron chi connectivity index (χ4n) is 5.28. The van der Waals surface area contributed by atoms with Crippen LogP contribution in [0.4, 0.5) is 17.1 Å². The second-order valence-electron chi connectivity index (χ2n) is 12.0. The molecule has 0 aliphatic heterocycles. The minimum absolute atomic E-state index is 0.0730. The van der Waals surface area contributed by atoms with E-state index in [0.29, 0.717) is 0 Å². The number of pyridine rings is 1. The smallest absolute Gasteiger partial charge is 0.100 e. The summed E-state index contributed by atoms with van der Waals surface area (Å²) in [5.41, 5.74) is 9.87. The molecule has 0 atom stereocenters. The first-order chi connectivity index (χ1) is 20.0. The van der Waals surface area contributed by atoms with Crippen molar-refractivity contribution < 1.29 is 0 Å². The molecule has 0 radical (unpaired) electrons. The van der Waals surface area contributed by atoms with Crippen LogP contribution in [-0.4, -0.2) is 35.2 Å². The van der Waals surface area contributed by atoms with Gasteiger partial charge in [-0.15, -0.1) is 0 Å². The highest BCUT2D eigenvalue weighted by atomic mass is 15.1. The summed E-state index contributed by atoms with van der Waals surface area (Å²) in [5, 5.41) is 9.38. The quantitative estimate of drug-likeness (QED) is 0.179. The van der Waals surface area contributed by atoms with Crippen molar-refractivity contribution in [2.45, 2.75) is 67.2 Å². The molecule has 220 valence electrons. The van der Waals surface area contributed by atoms with Crippen LogP contribution < -0.4 is 10.6 Å². The standard InChI is InChI=1S/C37H47N5/c1-10-28-17-18-30(37(7,8)9)22-36(28)41-27(6)40-34-20-19-31(32-15-13-14-16-33(32)34)29-21-35(26(5)38-23-29)39-25(4)24-42(11-2)12-3/h13-23,40-41H,6,10-12,24H2,1-5,7-9H3. The molecule has 42 heavy (non-hydrogen) atoms. The van der Waals surface area contributed by atoms with Crippen LogP contribution in [-0.2, 0) is 11.8 Å². The normalized spacial score (nSPS) is 12.2. The Labute approximate surface area is 252 Å². The zero-order chi connectivity index (χ0) is 30.4. The molecule has 4 rings (SSSR count). The number of hydrogen-bond acceptors (Lipinski definition) is 5. The molecule has 1 aromatic heterocycles.